The van der Waals surface area contributed by atoms with E-state index < -0.39 is 31.3 Å². The zero-order chi connectivity index (χ0) is 36.2. The minimum absolute atomic E-state index is 0.00375. The van der Waals surface area contributed by atoms with Gasteiger partial charge in [-0.15, -0.1) is 0 Å². The van der Waals surface area contributed by atoms with Gasteiger partial charge in [0.2, 0.25) is 0 Å². The number of ether oxygens (including phenoxy) is 3. The average molecular weight is 695 g/mol. The SMILES string of the molecule is O=C(COc1c(-c2ccc(O)cc2)c(OCC(=O)c2ccccc2)c2oc3cc(O)c(O)cc3c2c1OCC(=O)c1ccccc1)c1ccccc1. The van der Waals surface area contributed by atoms with E-state index in [4.69, 9.17) is 18.6 Å². The lowest BCUT2D eigenvalue weighted by Gasteiger charge is -2.21. The Morgan fingerprint density at radius 1 is 0.519 bits per heavy atom. The standard InChI is InChI=1S/C42H30O10/c43-29-18-16-28(17-19-29)37-39(49-22-33(46)25-10-4-1-5-11-25)41(51-24-35(48)27-14-8-3-9-15-27)38-30-20-31(44)32(45)21-36(30)52-42(38)40(37)50-23-34(47)26-12-6-2-7-13-26/h1-21,43-45H,22-24H2. The van der Waals surface area contributed by atoms with Crippen LogP contribution in [0.4, 0.5) is 0 Å². The Balaban J connectivity index is 1.47. The molecule has 0 aliphatic carbocycles. The number of phenolic OH excluding ortho intramolecular Hbond substituents is 3. The highest BCUT2D eigenvalue weighted by molar-refractivity contribution is 6.15. The molecule has 0 saturated heterocycles. The summed E-state index contributed by atoms with van der Waals surface area (Å²) in [7, 11) is 0. The summed E-state index contributed by atoms with van der Waals surface area (Å²) in [6.07, 6.45) is 0. The van der Waals surface area contributed by atoms with Gasteiger partial charge in [-0.1, -0.05) is 103 Å². The zero-order valence-corrected chi connectivity index (χ0v) is 27.4. The summed E-state index contributed by atoms with van der Waals surface area (Å²) in [6.45, 7) is -1.40. The fourth-order valence-electron chi connectivity index (χ4n) is 5.79. The van der Waals surface area contributed by atoms with E-state index in [9.17, 15) is 29.7 Å². The molecule has 0 spiro atoms. The van der Waals surface area contributed by atoms with Crippen molar-refractivity contribution in [3.63, 3.8) is 0 Å². The molecule has 0 aliphatic heterocycles. The lowest BCUT2D eigenvalue weighted by molar-refractivity contribution is 0.0895. The van der Waals surface area contributed by atoms with Crippen molar-refractivity contribution in [2.24, 2.45) is 0 Å². The lowest BCUT2D eigenvalue weighted by Crippen LogP contribution is -2.16. The van der Waals surface area contributed by atoms with Crippen LogP contribution < -0.4 is 14.2 Å². The van der Waals surface area contributed by atoms with Gasteiger partial charge in [0.15, 0.2) is 71.5 Å². The molecular formula is C42H30O10. The molecule has 0 bridgehead atoms. The average Bonchev–Trinajstić information content (AvgIpc) is 3.54. The molecule has 258 valence electrons. The zero-order valence-electron chi connectivity index (χ0n) is 27.4. The van der Waals surface area contributed by atoms with E-state index in [0.717, 1.165) is 0 Å². The number of phenols is 3. The number of fused-ring (bicyclic) bond motifs is 3. The molecule has 7 rings (SSSR count). The number of carbonyl (C=O) groups is 3. The van der Waals surface area contributed by atoms with Crippen molar-refractivity contribution in [3.8, 4) is 45.6 Å². The Bertz CT molecular complexity index is 2420. The van der Waals surface area contributed by atoms with Crippen molar-refractivity contribution in [3.05, 3.63) is 144 Å². The summed E-state index contributed by atoms with van der Waals surface area (Å²) in [5, 5.41) is 31.6. The highest BCUT2D eigenvalue weighted by Crippen LogP contribution is 2.55. The van der Waals surface area contributed by atoms with E-state index in [0.29, 0.717) is 22.3 Å². The van der Waals surface area contributed by atoms with Crippen molar-refractivity contribution in [1.29, 1.82) is 0 Å². The molecule has 6 aromatic carbocycles. The second kappa shape index (κ2) is 14.4. The van der Waals surface area contributed by atoms with E-state index in [2.05, 4.69) is 0 Å². The van der Waals surface area contributed by atoms with Gasteiger partial charge < -0.3 is 33.9 Å². The van der Waals surface area contributed by atoms with Crippen LogP contribution in [0.1, 0.15) is 31.1 Å². The quantitative estimate of drug-likeness (QED) is 0.0796. The number of hydrogen-bond acceptors (Lipinski definition) is 10. The number of ketones is 3. The summed E-state index contributed by atoms with van der Waals surface area (Å²) in [5.74, 6) is -2.12. The van der Waals surface area contributed by atoms with Gasteiger partial charge in [0.25, 0.3) is 0 Å². The van der Waals surface area contributed by atoms with Gasteiger partial charge in [-0.25, -0.2) is 0 Å². The maximum absolute atomic E-state index is 13.4. The smallest absolute Gasteiger partial charge is 0.200 e. The number of furan rings is 1. The van der Waals surface area contributed by atoms with Crippen molar-refractivity contribution in [1.82, 2.24) is 0 Å². The second-order valence-electron chi connectivity index (χ2n) is 11.8. The van der Waals surface area contributed by atoms with Crippen molar-refractivity contribution in [2.45, 2.75) is 0 Å². The van der Waals surface area contributed by atoms with E-state index in [1.807, 2.05) is 0 Å². The molecule has 0 atom stereocenters. The number of aromatic hydroxyl groups is 3. The molecule has 1 heterocycles. The van der Waals surface area contributed by atoms with Crippen LogP contribution in [-0.4, -0.2) is 52.5 Å². The van der Waals surface area contributed by atoms with Gasteiger partial charge in [0, 0.05) is 28.1 Å². The van der Waals surface area contributed by atoms with Crippen LogP contribution >= 0.6 is 0 Å². The Morgan fingerprint density at radius 3 is 1.46 bits per heavy atom. The first-order valence-electron chi connectivity index (χ1n) is 16.2. The normalized spacial score (nSPS) is 11.0. The molecule has 1 aromatic heterocycles. The third-order valence-corrected chi connectivity index (χ3v) is 8.36. The molecule has 0 aliphatic rings. The summed E-state index contributed by atoms with van der Waals surface area (Å²) < 4.78 is 25.3. The molecule has 10 heteroatoms. The number of carbonyl (C=O) groups excluding carboxylic acids is 3. The van der Waals surface area contributed by atoms with Gasteiger partial charge in [0.05, 0.1) is 10.9 Å². The molecule has 0 fully saturated rings. The fourth-order valence-corrected chi connectivity index (χ4v) is 5.79. The van der Waals surface area contributed by atoms with E-state index >= 15 is 0 Å². The Labute approximate surface area is 296 Å². The molecule has 52 heavy (non-hydrogen) atoms. The highest BCUT2D eigenvalue weighted by atomic mass is 16.5. The third-order valence-electron chi connectivity index (χ3n) is 8.36. The predicted molar refractivity (Wildman–Crippen MR) is 193 cm³/mol. The van der Waals surface area contributed by atoms with E-state index in [1.54, 1.807) is 103 Å². The maximum Gasteiger partial charge on any atom is 0.200 e. The van der Waals surface area contributed by atoms with Gasteiger partial charge in [-0.05, 0) is 23.8 Å². The minimum Gasteiger partial charge on any atom is -0.508 e. The van der Waals surface area contributed by atoms with Crippen molar-refractivity contribution in [2.75, 3.05) is 19.8 Å². The van der Waals surface area contributed by atoms with Gasteiger partial charge >= 0.3 is 0 Å². The summed E-state index contributed by atoms with van der Waals surface area (Å²) in [5.41, 5.74) is 1.91. The highest BCUT2D eigenvalue weighted by Gasteiger charge is 2.31. The first-order valence-corrected chi connectivity index (χ1v) is 16.2. The number of rotatable bonds is 13. The Hall–Kier alpha value is -7.07. The van der Waals surface area contributed by atoms with Crippen LogP contribution in [0.2, 0.25) is 0 Å². The fraction of sp³-hybridized carbons (Fsp3) is 0.0714. The molecule has 0 radical (unpaired) electrons. The molecule has 0 saturated carbocycles. The van der Waals surface area contributed by atoms with Crippen LogP contribution in [0.5, 0.6) is 34.5 Å². The topological polar surface area (TPSA) is 153 Å². The number of benzene rings is 6. The number of hydrogen-bond donors (Lipinski definition) is 3. The van der Waals surface area contributed by atoms with Crippen molar-refractivity contribution >= 4 is 39.3 Å². The van der Waals surface area contributed by atoms with Crippen LogP contribution in [0.15, 0.2) is 132 Å². The first kappa shape index (κ1) is 33.4. The third kappa shape index (κ3) is 6.73. The molecule has 10 nitrogen and oxygen atoms in total. The van der Waals surface area contributed by atoms with Crippen LogP contribution in [0.3, 0.4) is 0 Å². The second-order valence-corrected chi connectivity index (χ2v) is 11.8. The maximum atomic E-state index is 13.4. The monoisotopic (exact) mass is 694 g/mol. The van der Waals surface area contributed by atoms with Gasteiger partial charge in [-0.3, -0.25) is 14.4 Å². The van der Waals surface area contributed by atoms with Gasteiger partial charge in [0.1, 0.15) is 11.3 Å². The number of Topliss-reactive ketones (excluding diaryl/α,β-unsaturated/α-hetero) is 3. The largest absolute Gasteiger partial charge is 0.508 e. The first-order chi connectivity index (χ1) is 25.3. The molecule has 3 N–H and O–H groups in total. The van der Waals surface area contributed by atoms with Crippen LogP contribution in [-0.2, 0) is 0 Å². The molecular weight excluding hydrogens is 664 g/mol. The molecule has 0 amide bonds. The summed E-state index contributed by atoms with van der Waals surface area (Å²) in [4.78, 5) is 40.2. The Kier molecular flexibility index (Phi) is 9.27. The summed E-state index contributed by atoms with van der Waals surface area (Å²) in [6, 6.07) is 34.1. The summed E-state index contributed by atoms with van der Waals surface area (Å²) >= 11 is 0. The van der Waals surface area contributed by atoms with Crippen molar-refractivity contribution < 1.29 is 48.3 Å². The van der Waals surface area contributed by atoms with Crippen LogP contribution in [0.25, 0.3) is 33.1 Å². The molecule has 7 aromatic rings. The minimum atomic E-state index is -0.478. The van der Waals surface area contributed by atoms with Gasteiger partial charge in [-0.2, -0.15) is 0 Å². The predicted octanol–water partition coefficient (Wildman–Crippen LogP) is 8.15. The van der Waals surface area contributed by atoms with Crippen LogP contribution in [0, 0.1) is 0 Å². The Morgan fingerprint density at radius 2 is 0.962 bits per heavy atom. The van der Waals surface area contributed by atoms with E-state index in [-0.39, 0.29) is 67.8 Å². The lowest BCUT2D eigenvalue weighted by atomic mass is 9.98. The van der Waals surface area contributed by atoms with E-state index in [1.165, 1.54) is 24.3 Å². The molecule has 0 unspecified atom stereocenters.